The van der Waals surface area contributed by atoms with E-state index in [0.717, 1.165) is 38.5 Å². The van der Waals surface area contributed by atoms with Gasteiger partial charge in [-0.1, -0.05) is 251 Å². The maximum absolute atomic E-state index is 13.0. The van der Waals surface area contributed by atoms with E-state index in [-0.39, 0.29) is 19.1 Å². The van der Waals surface area contributed by atoms with Gasteiger partial charge in [0.2, 0.25) is 5.91 Å². The van der Waals surface area contributed by atoms with Crippen LogP contribution in [0.2, 0.25) is 0 Å². The number of phosphoric ester groups is 1. The molecule has 382 valence electrons. The predicted octanol–water partition coefficient (Wildman–Crippen LogP) is 16.7. The second-order valence-electron chi connectivity index (χ2n) is 20.7. The first kappa shape index (κ1) is 63.2. The molecular formula is C55H112N2O6P+. The van der Waals surface area contributed by atoms with E-state index in [1.807, 2.05) is 21.1 Å². The Labute approximate surface area is 399 Å². The molecule has 0 aliphatic heterocycles. The molecule has 8 nitrogen and oxygen atoms in total. The predicted molar refractivity (Wildman–Crippen MR) is 277 cm³/mol. The summed E-state index contributed by atoms with van der Waals surface area (Å²) in [6.45, 7) is 4.93. The number of allylic oxidation sites excluding steroid dienone is 2. The summed E-state index contributed by atoms with van der Waals surface area (Å²) in [6.07, 6.45) is 56.8. The van der Waals surface area contributed by atoms with E-state index < -0.39 is 20.0 Å². The lowest BCUT2D eigenvalue weighted by molar-refractivity contribution is -0.870. The van der Waals surface area contributed by atoms with E-state index >= 15 is 0 Å². The molecule has 0 saturated heterocycles. The molecule has 64 heavy (non-hydrogen) atoms. The Kier molecular flexibility index (Phi) is 46.8. The maximum Gasteiger partial charge on any atom is 0.472 e. The van der Waals surface area contributed by atoms with Gasteiger partial charge < -0.3 is 19.8 Å². The van der Waals surface area contributed by atoms with E-state index in [4.69, 9.17) is 9.05 Å². The summed E-state index contributed by atoms with van der Waals surface area (Å²) in [6, 6.07) is -0.760. The van der Waals surface area contributed by atoms with Gasteiger partial charge in [-0.3, -0.25) is 13.8 Å². The molecule has 0 radical (unpaired) electrons. The molecule has 0 aliphatic carbocycles. The third-order valence-electron chi connectivity index (χ3n) is 13.0. The number of unbranched alkanes of at least 4 members (excludes halogenated alkanes) is 37. The van der Waals surface area contributed by atoms with Gasteiger partial charge >= 0.3 is 7.82 Å². The summed E-state index contributed by atoms with van der Waals surface area (Å²) in [4.78, 5) is 23.3. The highest BCUT2D eigenvalue weighted by atomic mass is 31.2. The highest BCUT2D eigenvalue weighted by Gasteiger charge is 2.28. The van der Waals surface area contributed by atoms with Crippen molar-refractivity contribution in [3.8, 4) is 0 Å². The van der Waals surface area contributed by atoms with Crippen LogP contribution in [-0.2, 0) is 18.4 Å². The fraction of sp³-hybridized carbons (Fsp3) is 0.945. The molecule has 3 atom stereocenters. The van der Waals surface area contributed by atoms with Crippen molar-refractivity contribution in [2.45, 2.75) is 296 Å². The number of likely N-dealkylation sites (N-methyl/N-ethyl adjacent to an activating group) is 1. The second-order valence-corrected chi connectivity index (χ2v) is 22.1. The number of nitrogens with zero attached hydrogens (tertiary/aromatic N) is 1. The van der Waals surface area contributed by atoms with Crippen LogP contribution in [-0.4, -0.2) is 73.4 Å². The Morgan fingerprint density at radius 2 is 0.844 bits per heavy atom. The van der Waals surface area contributed by atoms with Gasteiger partial charge in [0.15, 0.2) is 0 Å². The van der Waals surface area contributed by atoms with Gasteiger partial charge in [-0.15, -0.1) is 0 Å². The number of hydrogen-bond acceptors (Lipinski definition) is 5. The van der Waals surface area contributed by atoms with Crippen LogP contribution < -0.4 is 5.32 Å². The van der Waals surface area contributed by atoms with Gasteiger partial charge in [0.25, 0.3) is 0 Å². The number of aliphatic hydroxyl groups excluding tert-OH is 1. The van der Waals surface area contributed by atoms with Gasteiger partial charge in [0.05, 0.1) is 39.9 Å². The van der Waals surface area contributed by atoms with Gasteiger partial charge in [-0.2, -0.15) is 0 Å². The summed E-state index contributed by atoms with van der Waals surface area (Å²) < 4.78 is 23.8. The lowest BCUT2D eigenvalue weighted by Gasteiger charge is -2.26. The molecule has 0 heterocycles. The minimum absolute atomic E-state index is 0.0762. The van der Waals surface area contributed by atoms with E-state index in [0.29, 0.717) is 23.9 Å². The molecule has 9 heteroatoms. The number of nitrogens with one attached hydrogen (secondary N) is 1. The largest absolute Gasteiger partial charge is 0.472 e. The highest BCUT2D eigenvalue weighted by Crippen LogP contribution is 2.43. The molecule has 3 unspecified atom stereocenters. The van der Waals surface area contributed by atoms with Gasteiger partial charge in [0.1, 0.15) is 13.2 Å². The topological polar surface area (TPSA) is 105 Å². The van der Waals surface area contributed by atoms with E-state index in [9.17, 15) is 19.4 Å². The van der Waals surface area contributed by atoms with Gasteiger partial charge in [0, 0.05) is 6.42 Å². The standard InChI is InChI=1S/C55H111N2O6P/c1-6-8-10-12-14-16-18-20-22-24-26-28-29-30-32-34-36-38-40-42-44-46-48-54(58)53(52-63-64(60,61)62-51-50-57(3,4)5)56-55(59)49-47-45-43-41-39-37-35-33-31-27-25-23-21-19-17-15-13-11-9-7-2/h27,31,53-54,58H,6-26,28-30,32-52H2,1-5H3,(H-,56,59,60,61)/p+1/b31-27-. The van der Waals surface area contributed by atoms with Crippen LogP contribution in [0.1, 0.15) is 284 Å². The smallest absolute Gasteiger partial charge is 0.391 e. The van der Waals surface area contributed by atoms with E-state index in [1.54, 1.807) is 0 Å². The molecule has 0 spiro atoms. The lowest BCUT2D eigenvalue weighted by atomic mass is 10.0. The molecule has 0 aromatic rings. The number of rotatable bonds is 52. The number of quaternary nitrogens is 1. The van der Waals surface area contributed by atoms with Crippen molar-refractivity contribution in [1.82, 2.24) is 5.32 Å². The SMILES string of the molecule is CCCCCCCCCCC/C=C\CCCCCCCCCC(=O)NC(COP(=O)(O)OCC[N+](C)(C)C)C(O)CCCCCCCCCCCCCCCCCCCCCCCC. The summed E-state index contributed by atoms with van der Waals surface area (Å²) in [7, 11) is 1.63. The number of carbonyl (C=O) groups excluding carboxylic acids is 1. The molecule has 0 saturated carbocycles. The van der Waals surface area contributed by atoms with Crippen molar-refractivity contribution in [2.24, 2.45) is 0 Å². The fourth-order valence-electron chi connectivity index (χ4n) is 8.57. The normalized spacial score (nSPS) is 14.0. The zero-order valence-electron chi connectivity index (χ0n) is 43.6. The monoisotopic (exact) mass is 928 g/mol. The van der Waals surface area contributed by atoms with Crippen molar-refractivity contribution in [3.63, 3.8) is 0 Å². The van der Waals surface area contributed by atoms with Gasteiger partial charge in [-0.05, 0) is 38.5 Å². The Hall–Kier alpha value is -0.760. The zero-order chi connectivity index (χ0) is 47.1. The third kappa shape index (κ3) is 49.2. The van der Waals surface area contributed by atoms with Crippen molar-refractivity contribution < 1.29 is 32.9 Å². The summed E-state index contributed by atoms with van der Waals surface area (Å²) in [5.74, 6) is -0.144. The van der Waals surface area contributed by atoms with Crippen LogP contribution in [0, 0.1) is 0 Å². The van der Waals surface area contributed by atoms with Crippen LogP contribution in [0.3, 0.4) is 0 Å². The first-order chi connectivity index (χ1) is 31.0. The van der Waals surface area contributed by atoms with Crippen molar-refractivity contribution >= 4 is 13.7 Å². The van der Waals surface area contributed by atoms with Crippen LogP contribution >= 0.6 is 7.82 Å². The Bertz CT molecular complexity index is 1050. The minimum atomic E-state index is -4.32. The second kappa shape index (κ2) is 47.3. The Morgan fingerprint density at radius 3 is 1.20 bits per heavy atom. The molecule has 0 aliphatic rings. The molecule has 0 fully saturated rings. The van der Waals surface area contributed by atoms with Gasteiger partial charge in [-0.25, -0.2) is 4.57 Å². The zero-order valence-corrected chi connectivity index (χ0v) is 44.4. The Balaban J connectivity index is 4.18. The molecule has 0 aromatic carbocycles. The molecule has 0 rings (SSSR count). The van der Waals surface area contributed by atoms with Crippen LogP contribution in [0.25, 0.3) is 0 Å². The average Bonchev–Trinajstić information content (AvgIpc) is 3.25. The van der Waals surface area contributed by atoms with Crippen molar-refractivity contribution in [1.29, 1.82) is 0 Å². The molecular weight excluding hydrogens is 816 g/mol. The number of carbonyl (C=O) groups is 1. The summed E-state index contributed by atoms with van der Waals surface area (Å²) in [5, 5.41) is 14.1. The lowest BCUT2D eigenvalue weighted by Crippen LogP contribution is -2.46. The van der Waals surface area contributed by atoms with E-state index in [1.165, 1.54) is 218 Å². The number of amides is 1. The number of phosphoric acid groups is 1. The number of hydrogen-bond donors (Lipinski definition) is 3. The minimum Gasteiger partial charge on any atom is -0.391 e. The highest BCUT2D eigenvalue weighted by molar-refractivity contribution is 7.47. The average molecular weight is 928 g/mol. The molecule has 1 amide bonds. The molecule has 3 N–H and O–H groups in total. The van der Waals surface area contributed by atoms with Crippen LogP contribution in [0.4, 0.5) is 0 Å². The first-order valence-electron chi connectivity index (χ1n) is 28.1. The molecule has 0 bridgehead atoms. The summed E-state index contributed by atoms with van der Waals surface area (Å²) in [5.41, 5.74) is 0. The van der Waals surface area contributed by atoms with Crippen LogP contribution in [0.5, 0.6) is 0 Å². The number of aliphatic hydroxyl groups is 1. The van der Waals surface area contributed by atoms with Crippen LogP contribution in [0.15, 0.2) is 12.2 Å². The third-order valence-corrected chi connectivity index (χ3v) is 14.0. The Morgan fingerprint density at radius 1 is 0.516 bits per heavy atom. The molecule has 0 aromatic heterocycles. The van der Waals surface area contributed by atoms with E-state index in [2.05, 4.69) is 31.3 Å². The van der Waals surface area contributed by atoms with Crippen molar-refractivity contribution in [2.75, 3.05) is 40.9 Å². The first-order valence-corrected chi connectivity index (χ1v) is 29.5. The van der Waals surface area contributed by atoms with Crippen molar-refractivity contribution in [3.05, 3.63) is 12.2 Å². The summed E-state index contributed by atoms with van der Waals surface area (Å²) >= 11 is 0. The quantitative estimate of drug-likeness (QED) is 0.0243. The maximum atomic E-state index is 13.0. The fourth-order valence-corrected chi connectivity index (χ4v) is 9.31.